The van der Waals surface area contributed by atoms with E-state index >= 15 is 0 Å². The Morgan fingerprint density at radius 1 is 1.10 bits per heavy atom. The van der Waals surface area contributed by atoms with E-state index < -0.39 is 6.10 Å². The van der Waals surface area contributed by atoms with E-state index in [1.807, 2.05) is 31.1 Å². The van der Waals surface area contributed by atoms with Crippen molar-refractivity contribution in [3.05, 3.63) is 65.5 Å². The Morgan fingerprint density at radius 3 is 2.45 bits per heavy atom. The highest BCUT2D eigenvalue weighted by atomic mass is 19.1. The minimum Gasteiger partial charge on any atom is -0.378 e. The maximum atomic E-state index is 14.3. The Labute approximate surface area is 182 Å². The molecule has 0 radical (unpaired) electrons. The molecule has 2 N–H and O–H groups in total. The number of amides is 2. The van der Waals surface area contributed by atoms with Crippen LogP contribution in [0.15, 0.2) is 48.5 Å². The molecule has 1 fully saturated rings. The summed E-state index contributed by atoms with van der Waals surface area (Å²) in [5.74, 6) is -0.582. The maximum absolute atomic E-state index is 14.3. The van der Waals surface area contributed by atoms with E-state index in [2.05, 4.69) is 10.6 Å². The molecule has 31 heavy (non-hydrogen) atoms. The highest BCUT2D eigenvalue weighted by Gasteiger charge is 2.32. The van der Waals surface area contributed by atoms with Crippen LogP contribution in [0.5, 0.6) is 0 Å². The van der Waals surface area contributed by atoms with Gasteiger partial charge in [-0.1, -0.05) is 18.2 Å². The van der Waals surface area contributed by atoms with E-state index in [1.54, 1.807) is 30.3 Å². The molecule has 0 saturated carbocycles. The molecule has 6 nitrogen and oxygen atoms in total. The Bertz CT molecular complexity index is 901. The molecule has 0 aromatic heterocycles. The first-order chi connectivity index (χ1) is 14.8. The van der Waals surface area contributed by atoms with Crippen molar-refractivity contribution in [2.75, 3.05) is 25.5 Å². The molecule has 1 aliphatic heterocycles. The third-order valence-corrected chi connectivity index (χ3v) is 5.46. The van der Waals surface area contributed by atoms with E-state index in [9.17, 15) is 14.0 Å². The third kappa shape index (κ3) is 6.28. The van der Waals surface area contributed by atoms with Crippen LogP contribution < -0.4 is 15.5 Å². The van der Waals surface area contributed by atoms with Crippen molar-refractivity contribution in [2.45, 2.75) is 44.4 Å². The van der Waals surface area contributed by atoms with Crippen molar-refractivity contribution in [1.82, 2.24) is 10.6 Å². The van der Waals surface area contributed by atoms with Crippen LogP contribution in [0.2, 0.25) is 0 Å². The number of hydrogen-bond acceptors (Lipinski definition) is 4. The van der Waals surface area contributed by atoms with E-state index in [0.717, 1.165) is 5.69 Å². The summed E-state index contributed by atoms with van der Waals surface area (Å²) in [6.07, 6.45) is 1.07. The predicted molar refractivity (Wildman–Crippen MR) is 119 cm³/mol. The summed E-state index contributed by atoms with van der Waals surface area (Å²) in [5.41, 5.74) is 2.11. The first kappa shape index (κ1) is 22.7. The van der Waals surface area contributed by atoms with Gasteiger partial charge < -0.3 is 20.3 Å². The second-order valence-corrected chi connectivity index (χ2v) is 8.12. The zero-order valence-corrected chi connectivity index (χ0v) is 18.2. The smallest absolute Gasteiger partial charge is 0.251 e. The monoisotopic (exact) mass is 427 g/mol. The Kier molecular flexibility index (Phi) is 7.63. The molecule has 0 aliphatic carbocycles. The maximum Gasteiger partial charge on any atom is 0.251 e. The molecule has 7 heteroatoms. The van der Waals surface area contributed by atoms with Gasteiger partial charge >= 0.3 is 0 Å². The molecule has 2 aromatic rings. The van der Waals surface area contributed by atoms with Crippen molar-refractivity contribution < 1.29 is 18.7 Å². The highest BCUT2D eigenvalue weighted by Crippen LogP contribution is 2.33. The fourth-order valence-electron chi connectivity index (χ4n) is 3.90. The van der Waals surface area contributed by atoms with Crippen LogP contribution in [-0.2, 0) is 9.53 Å². The van der Waals surface area contributed by atoms with Crippen LogP contribution in [0.4, 0.5) is 10.1 Å². The summed E-state index contributed by atoms with van der Waals surface area (Å²) in [6, 6.07) is 13.8. The largest absolute Gasteiger partial charge is 0.378 e. The number of carbonyl (C=O) groups excluding carboxylic acids is 2. The first-order valence-corrected chi connectivity index (χ1v) is 10.6. The summed E-state index contributed by atoms with van der Waals surface area (Å²) in [5, 5.41) is 5.86. The predicted octanol–water partition coefficient (Wildman–Crippen LogP) is 3.44. The molecule has 0 unspecified atom stereocenters. The van der Waals surface area contributed by atoms with Gasteiger partial charge in [-0.2, -0.15) is 0 Å². The van der Waals surface area contributed by atoms with Gasteiger partial charge in [-0.05, 0) is 49.6 Å². The second kappa shape index (κ2) is 10.4. The normalized spacial score (nSPS) is 20.7. The Hall–Kier alpha value is -2.93. The molecule has 1 heterocycles. The highest BCUT2D eigenvalue weighted by molar-refractivity contribution is 5.94. The van der Waals surface area contributed by atoms with Gasteiger partial charge in [-0.15, -0.1) is 0 Å². The zero-order valence-electron chi connectivity index (χ0n) is 18.2. The van der Waals surface area contributed by atoms with Crippen molar-refractivity contribution in [2.24, 2.45) is 0 Å². The summed E-state index contributed by atoms with van der Waals surface area (Å²) < 4.78 is 20.4. The van der Waals surface area contributed by atoms with Crippen molar-refractivity contribution in [3.63, 3.8) is 0 Å². The molecule has 3 atom stereocenters. The van der Waals surface area contributed by atoms with Crippen molar-refractivity contribution >= 4 is 17.5 Å². The minimum atomic E-state index is -0.439. The van der Waals surface area contributed by atoms with Crippen LogP contribution in [0.3, 0.4) is 0 Å². The SMILES string of the molecule is CC(=O)N[C@H]1C[C@@H](CCNC(=O)c2ccc(N(C)C)cc2)O[C@@H](c2ccccc2F)C1. The van der Waals surface area contributed by atoms with Gasteiger partial charge in [0.2, 0.25) is 5.91 Å². The number of benzene rings is 2. The molecule has 0 bridgehead atoms. The van der Waals surface area contributed by atoms with Gasteiger partial charge in [0.25, 0.3) is 5.91 Å². The molecular formula is C24H30FN3O3. The van der Waals surface area contributed by atoms with E-state index in [4.69, 9.17) is 4.74 Å². The lowest BCUT2D eigenvalue weighted by molar-refractivity contribution is -0.122. The summed E-state index contributed by atoms with van der Waals surface area (Å²) in [6.45, 7) is 1.90. The lowest BCUT2D eigenvalue weighted by Gasteiger charge is -2.36. The standard InChI is InChI=1S/C24H30FN3O3/c1-16(29)27-18-14-20(31-23(15-18)21-6-4-5-7-22(21)25)12-13-26-24(30)17-8-10-19(11-9-17)28(2)3/h4-11,18,20,23H,12-15H2,1-3H3,(H,26,30)(H,27,29)/t18-,20+,23+/m0/s1. The quantitative estimate of drug-likeness (QED) is 0.710. The summed E-state index contributed by atoms with van der Waals surface area (Å²) >= 11 is 0. The van der Waals surface area contributed by atoms with Gasteiger partial charge in [0, 0.05) is 50.4 Å². The summed E-state index contributed by atoms with van der Waals surface area (Å²) in [7, 11) is 3.89. The van der Waals surface area contributed by atoms with Crippen LogP contribution >= 0.6 is 0 Å². The fourth-order valence-corrected chi connectivity index (χ4v) is 3.90. The van der Waals surface area contributed by atoms with E-state index in [-0.39, 0.29) is 29.8 Å². The molecular weight excluding hydrogens is 397 g/mol. The number of halogens is 1. The van der Waals surface area contributed by atoms with Gasteiger partial charge in [-0.25, -0.2) is 4.39 Å². The third-order valence-electron chi connectivity index (χ3n) is 5.46. The van der Waals surface area contributed by atoms with Crippen LogP contribution in [0, 0.1) is 5.82 Å². The average Bonchev–Trinajstić information content (AvgIpc) is 2.73. The number of carbonyl (C=O) groups is 2. The fraction of sp³-hybridized carbons (Fsp3) is 0.417. The molecule has 0 spiro atoms. The van der Waals surface area contributed by atoms with Gasteiger partial charge in [-0.3, -0.25) is 9.59 Å². The lowest BCUT2D eigenvalue weighted by Crippen LogP contribution is -2.43. The molecule has 2 aromatic carbocycles. The number of nitrogens with one attached hydrogen (secondary N) is 2. The average molecular weight is 428 g/mol. The Morgan fingerprint density at radius 2 is 1.81 bits per heavy atom. The van der Waals surface area contributed by atoms with E-state index in [1.165, 1.54) is 13.0 Å². The number of rotatable bonds is 7. The zero-order chi connectivity index (χ0) is 22.4. The van der Waals surface area contributed by atoms with Crippen LogP contribution in [0.1, 0.15) is 48.2 Å². The van der Waals surface area contributed by atoms with Gasteiger partial charge in [0.1, 0.15) is 5.82 Å². The number of anilines is 1. The molecule has 166 valence electrons. The minimum absolute atomic E-state index is 0.102. The first-order valence-electron chi connectivity index (χ1n) is 10.6. The van der Waals surface area contributed by atoms with E-state index in [0.29, 0.717) is 36.9 Å². The molecule has 3 rings (SSSR count). The number of ether oxygens (including phenoxy) is 1. The number of nitrogens with zero attached hydrogens (tertiary/aromatic N) is 1. The Balaban J connectivity index is 1.59. The topological polar surface area (TPSA) is 70.7 Å². The van der Waals surface area contributed by atoms with Crippen molar-refractivity contribution in [3.8, 4) is 0 Å². The van der Waals surface area contributed by atoms with Crippen LogP contribution in [0.25, 0.3) is 0 Å². The second-order valence-electron chi connectivity index (χ2n) is 8.12. The molecule has 1 saturated heterocycles. The number of hydrogen-bond donors (Lipinski definition) is 2. The summed E-state index contributed by atoms with van der Waals surface area (Å²) in [4.78, 5) is 26.0. The van der Waals surface area contributed by atoms with Crippen molar-refractivity contribution in [1.29, 1.82) is 0 Å². The lowest BCUT2D eigenvalue weighted by atomic mass is 9.92. The molecule has 1 aliphatic rings. The van der Waals surface area contributed by atoms with Crippen LogP contribution in [-0.4, -0.2) is 44.6 Å². The molecule has 2 amide bonds. The van der Waals surface area contributed by atoms with Gasteiger partial charge in [0.05, 0.1) is 12.2 Å². The van der Waals surface area contributed by atoms with Gasteiger partial charge in [0.15, 0.2) is 0 Å².